The van der Waals surface area contributed by atoms with Crippen molar-refractivity contribution in [3.05, 3.63) is 364 Å². The van der Waals surface area contributed by atoms with Gasteiger partial charge in [-0.05, 0) is 164 Å². The summed E-state index contributed by atoms with van der Waals surface area (Å²) in [7, 11) is 0. The van der Waals surface area contributed by atoms with E-state index >= 15 is 0 Å². The van der Waals surface area contributed by atoms with Crippen LogP contribution in [0.3, 0.4) is 0 Å². The lowest BCUT2D eigenvalue weighted by atomic mass is 9.93. The molecule has 0 N–H and O–H groups in total. The molecule has 8 nitrogen and oxygen atoms in total. The van der Waals surface area contributed by atoms with Crippen molar-refractivity contribution in [1.82, 2.24) is 19.9 Å². The molecule has 22 rings (SSSR count). The van der Waals surface area contributed by atoms with E-state index in [9.17, 15) is 0 Å². The summed E-state index contributed by atoms with van der Waals surface area (Å²) in [6.45, 7) is 0. The molecule has 22 aromatic rings. The van der Waals surface area contributed by atoms with Gasteiger partial charge in [0.1, 0.15) is 44.7 Å². The Bertz CT molecular complexity index is 7070. The highest BCUT2D eigenvalue weighted by molar-refractivity contribution is 6.13. The number of rotatable bonds is 10. The van der Waals surface area contributed by atoms with E-state index in [1.54, 1.807) is 0 Å². The zero-order valence-electron chi connectivity index (χ0n) is 58.1. The highest BCUT2D eigenvalue weighted by Gasteiger charge is 2.22. The maximum atomic E-state index is 6.58. The van der Waals surface area contributed by atoms with Gasteiger partial charge in [-0.15, -0.1) is 0 Å². The lowest BCUT2D eigenvalue weighted by Crippen LogP contribution is -1.96. The van der Waals surface area contributed by atoms with Gasteiger partial charge in [-0.1, -0.05) is 255 Å². The number of hydrogen-bond donors (Lipinski definition) is 0. The zero-order chi connectivity index (χ0) is 71.2. The van der Waals surface area contributed by atoms with Gasteiger partial charge < -0.3 is 17.7 Å². The molecule has 0 saturated carbocycles. The summed E-state index contributed by atoms with van der Waals surface area (Å²) < 4.78 is 25.9. The summed E-state index contributed by atoms with van der Waals surface area (Å²) >= 11 is 0. The van der Waals surface area contributed by atoms with Crippen molar-refractivity contribution in [3.63, 3.8) is 0 Å². The molecule has 504 valence electrons. The van der Waals surface area contributed by atoms with Crippen LogP contribution >= 0.6 is 0 Å². The molecule has 0 atom stereocenters. The number of para-hydroxylation sites is 6. The molecular formula is C100H60N4O4. The summed E-state index contributed by atoms with van der Waals surface area (Å²) in [6, 6.07) is 127. The number of benzene rings is 16. The molecule has 0 aliphatic carbocycles. The van der Waals surface area contributed by atoms with Crippen molar-refractivity contribution in [2.45, 2.75) is 0 Å². The number of hydrogen-bond acceptors (Lipinski definition) is 8. The van der Waals surface area contributed by atoms with E-state index in [1.807, 2.05) is 84.9 Å². The number of furan rings is 4. The van der Waals surface area contributed by atoms with Crippen LogP contribution < -0.4 is 0 Å². The van der Waals surface area contributed by atoms with Gasteiger partial charge in [0.15, 0.2) is 11.6 Å². The van der Waals surface area contributed by atoms with Crippen LogP contribution in [0.4, 0.5) is 0 Å². The second kappa shape index (κ2) is 25.7. The molecule has 0 fully saturated rings. The van der Waals surface area contributed by atoms with Crippen molar-refractivity contribution in [3.8, 4) is 112 Å². The lowest BCUT2D eigenvalue weighted by Gasteiger charge is -2.14. The van der Waals surface area contributed by atoms with E-state index < -0.39 is 0 Å². The van der Waals surface area contributed by atoms with Crippen LogP contribution in [-0.2, 0) is 0 Å². The molecule has 6 heterocycles. The van der Waals surface area contributed by atoms with E-state index in [0.29, 0.717) is 11.6 Å². The Morgan fingerprint density at radius 3 is 0.907 bits per heavy atom. The van der Waals surface area contributed by atoms with Crippen LogP contribution in [0, 0.1) is 0 Å². The fourth-order valence-corrected chi connectivity index (χ4v) is 15.6. The molecule has 0 saturated heterocycles. The normalized spacial score (nSPS) is 11.7. The fourth-order valence-electron chi connectivity index (χ4n) is 15.6. The number of aromatic nitrogens is 4. The van der Waals surface area contributed by atoms with Crippen LogP contribution in [0.1, 0.15) is 0 Å². The Morgan fingerprint density at radius 1 is 0.157 bits per heavy atom. The van der Waals surface area contributed by atoms with Crippen LogP contribution in [0.15, 0.2) is 382 Å². The summed E-state index contributed by atoms with van der Waals surface area (Å²) in [5, 5.41) is 13.5. The molecule has 0 unspecified atom stereocenters. The maximum Gasteiger partial charge on any atom is 0.160 e. The second-order valence-corrected chi connectivity index (χ2v) is 27.6. The minimum Gasteiger partial charge on any atom is -0.456 e. The van der Waals surface area contributed by atoms with E-state index in [-0.39, 0.29) is 0 Å². The largest absolute Gasteiger partial charge is 0.456 e. The van der Waals surface area contributed by atoms with Crippen molar-refractivity contribution < 1.29 is 17.7 Å². The molecule has 0 aliphatic heterocycles. The highest BCUT2D eigenvalue weighted by atomic mass is 16.3. The van der Waals surface area contributed by atoms with E-state index in [4.69, 9.17) is 37.6 Å². The number of fused-ring (bicyclic) bond motifs is 14. The third-order valence-electron chi connectivity index (χ3n) is 20.9. The Labute approximate surface area is 619 Å². The third kappa shape index (κ3) is 11.1. The van der Waals surface area contributed by atoms with Crippen molar-refractivity contribution in [2.75, 3.05) is 0 Å². The Kier molecular flexibility index (Phi) is 14.7. The molecule has 8 heteroatoms. The Hall–Kier alpha value is -14.6. The molecule has 108 heavy (non-hydrogen) atoms. The molecule has 0 radical (unpaired) electrons. The highest BCUT2D eigenvalue weighted by Crippen LogP contribution is 2.45. The van der Waals surface area contributed by atoms with Crippen LogP contribution in [-0.4, -0.2) is 19.9 Å². The average Bonchev–Trinajstić information content (AvgIpc) is 1.45. The van der Waals surface area contributed by atoms with Gasteiger partial charge >= 0.3 is 0 Å². The zero-order valence-corrected chi connectivity index (χ0v) is 58.1. The van der Waals surface area contributed by atoms with E-state index in [2.05, 4.69) is 279 Å². The second-order valence-electron chi connectivity index (χ2n) is 27.6. The smallest absolute Gasteiger partial charge is 0.160 e. The Balaban J connectivity index is 0.000000138. The molecule has 0 aliphatic rings. The van der Waals surface area contributed by atoms with Crippen LogP contribution in [0.5, 0.6) is 0 Å². The molecule has 0 spiro atoms. The molecule has 16 aromatic carbocycles. The van der Waals surface area contributed by atoms with Crippen molar-refractivity contribution >= 4 is 109 Å². The van der Waals surface area contributed by atoms with Gasteiger partial charge in [-0.3, -0.25) is 0 Å². The first-order chi connectivity index (χ1) is 53.4. The standard InChI is InChI=1S/2C50H30N2O2/c1-2-13-32(14-3-1)50-51-44(34-25-24-31-12-4-5-15-33(31)26-34)30-45(52-50)37-28-35(38-18-10-20-42-40-16-6-8-22-46(40)53-48(38)42)27-36(29-37)39-19-11-21-43-41-17-7-9-23-47(41)54-49(39)43;1-2-11-32(12-3-1)50-51-44(36-19-18-31-10-4-5-13-33(31)24-36)30-45(52-50)39-26-37(34-20-22-42-40-14-6-8-16-46(40)53-48(42)28-34)25-38(27-39)35-21-23-43-41-15-7-9-17-47(41)54-49(43)29-35/h2*1-30H. The van der Waals surface area contributed by atoms with Gasteiger partial charge in [0.2, 0.25) is 0 Å². The van der Waals surface area contributed by atoms with Gasteiger partial charge in [-0.25, -0.2) is 19.9 Å². The minimum absolute atomic E-state index is 0.669. The van der Waals surface area contributed by atoms with Gasteiger partial charge in [0.25, 0.3) is 0 Å². The van der Waals surface area contributed by atoms with Gasteiger partial charge in [0, 0.05) is 87.6 Å². The first-order valence-electron chi connectivity index (χ1n) is 36.3. The molecule has 0 amide bonds. The SMILES string of the molecule is c1ccc(-c2nc(-c3cc(-c4ccc5c(c4)oc4ccccc45)cc(-c4ccc5c(c4)oc4ccccc45)c3)cc(-c3ccc4ccccc4c3)n2)cc1.c1ccc(-c2nc(-c3cc(-c4cccc5c4oc4ccccc45)cc(-c4cccc5c4oc4ccccc45)c3)cc(-c3ccc4ccccc4c3)n2)cc1. The van der Waals surface area contributed by atoms with Crippen LogP contribution in [0.2, 0.25) is 0 Å². The predicted molar refractivity (Wildman–Crippen MR) is 443 cm³/mol. The minimum atomic E-state index is 0.669. The Morgan fingerprint density at radius 2 is 0.472 bits per heavy atom. The monoisotopic (exact) mass is 1380 g/mol. The van der Waals surface area contributed by atoms with E-state index in [0.717, 1.165) is 188 Å². The van der Waals surface area contributed by atoms with Crippen LogP contribution in [0.25, 0.3) is 222 Å². The van der Waals surface area contributed by atoms with Gasteiger partial charge in [-0.2, -0.15) is 0 Å². The quantitative estimate of drug-likeness (QED) is 0.133. The summed E-state index contributed by atoms with van der Waals surface area (Å²) in [6.07, 6.45) is 0. The van der Waals surface area contributed by atoms with Crippen molar-refractivity contribution in [2.24, 2.45) is 0 Å². The maximum absolute atomic E-state index is 6.58. The average molecular weight is 1380 g/mol. The fraction of sp³-hybridized carbons (Fsp3) is 0. The molecule has 0 bridgehead atoms. The summed E-state index contributed by atoms with van der Waals surface area (Å²) in [5.41, 5.74) is 24.5. The van der Waals surface area contributed by atoms with Gasteiger partial charge in [0.05, 0.1) is 22.8 Å². The topological polar surface area (TPSA) is 104 Å². The molecular weight excluding hydrogens is 1320 g/mol. The third-order valence-corrected chi connectivity index (χ3v) is 20.9. The first-order valence-corrected chi connectivity index (χ1v) is 36.3. The predicted octanol–water partition coefficient (Wildman–Crippen LogP) is 27.5. The van der Waals surface area contributed by atoms with E-state index in [1.165, 1.54) is 21.5 Å². The number of nitrogens with zero attached hydrogens (tertiary/aromatic N) is 4. The summed E-state index contributed by atoms with van der Waals surface area (Å²) in [4.78, 5) is 20.8. The first kappa shape index (κ1) is 62.0. The van der Waals surface area contributed by atoms with Crippen molar-refractivity contribution in [1.29, 1.82) is 0 Å². The lowest BCUT2D eigenvalue weighted by molar-refractivity contribution is 0.668. The summed E-state index contributed by atoms with van der Waals surface area (Å²) in [5.74, 6) is 1.34. The molecule has 6 aromatic heterocycles.